The van der Waals surface area contributed by atoms with Crippen molar-refractivity contribution < 1.29 is 9.18 Å². The molecule has 0 aliphatic carbocycles. The molecule has 110 valence electrons. The second kappa shape index (κ2) is 6.61. The molecule has 2 rings (SSSR count). The highest BCUT2D eigenvalue weighted by molar-refractivity contribution is 6.00. The number of rotatable bonds is 6. The minimum absolute atomic E-state index is 0.0677. The number of hydrogen-bond donors (Lipinski definition) is 0. The molecular formula is C18H20FNO. The number of Topliss-reactive ketones (excluding diaryl/α,β-unsaturated/α-hetero) is 1. The first-order valence-corrected chi connectivity index (χ1v) is 7.31. The molecule has 3 heteroatoms. The summed E-state index contributed by atoms with van der Waals surface area (Å²) >= 11 is 0. The van der Waals surface area contributed by atoms with Crippen molar-refractivity contribution in [2.75, 3.05) is 0 Å². The number of halogens is 1. The van der Waals surface area contributed by atoms with Crippen LogP contribution >= 0.6 is 0 Å². The van der Waals surface area contributed by atoms with Gasteiger partial charge in [-0.2, -0.15) is 0 Å². The molecule has 0 radical (unpaired) electrons. The maximum Gasteiger partial charge on any atom is 0.169 e. The van der Waals surface area contributed by atoms with Crippen LogP contribution in [0.25, 0.3) is 0 Å². The molecule has 0 fully saturated rings. The Morgan fingerprint density at radius 1 is 1.10 bits per heavy atom. The van der Waals surface area contributed by atoms with Crippen LogP contribution in [0.5, 0.6) is 0 Å². The summed E-state index contributed by atoms with van der Waals surface area (Å²) in [5.41, 5.74) is 0.999. The van der Waals surface area contributed by atoms with E-state index in [-0.39, 0.29) is 11.6 Å². The van der Waals surface area contributed by atoms with Crippen molar-refractivity contribution in [2.24, 2.45) is 5.41 Å². The molecule has 0 saturated carbocycles. The van der Waals surface area contributed by atoms with Crippen molar-refractivity contribution in [1.82, 2.24) is 4.98 Å². The summed E-state index contributed by atoms with van der Waals surface area (Å²) in [6.45, 7) is 4.04. The third kappa shape index (κ3) is 3.35. The van der Waals surface area contributed by atoms with E-state index in [1.807, 2.05) is 32.0 Å². The van der Waals surface area contributed by atoms with Crippen LogP contribution < -0.4 is 0 Å². The largest absolute Gasteiger partial charge is 0.294 e. The number of benzene rings is 1. The van der Waals surface area contributed by atoms with Crippen LogP contribution in [0.1, 0.15) is 42.7 Å². The highest BCUT2D eigenvalue weighted by Crippen LogP contribution is 2.34. The molecule has 21 heavy (non-hydrogen) atoms. The molecule has 0 bridgehead atoms. The summed E-state index contributed by atoms with van der Waals surface area (Å²) < 4.78 is 13.0. The number of nitrogens with zero attached hydrogens (tertiary/aromatic N) is 1. The summed E-state index contributed by atoms with van der Waals surface area (Å²) in [6.07, 6.45) is 3.82. The van der Waals surface area contributed by atoms with Crippen molar-refractivity contribution >= 4 is 5.78 Å². The lowest BCUT2D eigenvalue weighted by Gasteiger charge is -2.30. The normalized spacial score (nSPS) is 11.4. The lowest BCUT2D eigenvalue weighted by atomic mass is 9.72. The molecule has 0 unspecified atom stereocenters. The Morgan fingerprint density at radius 3 is 2.29 bits per heavy atom. The second-order valence-electron chi connectivity index (χ2n) is 5.32. The van der Waals surface area contributed by atoms with Crippen LogP contribution in [0.3, 0.4) is 0 Å². The van der Waals surface area contributed by atoms with E-state index in [0.29, 0.717) is 12.0 Å². The van der Waals surface area contributed by atoms with Gasteiger partial charge < -0.3 is 0 Å². The average Bonchev–Trinajstić information content (AvgIpc) is 2.54. The van der Waals surface area contributed by atoms with E-state index >= 15 is 0 Å². The molecule has 1 heterocycles. The van der Waals surface area contributed by atoms with Gasteiger partial charge in [-0.05, 0) is 49.2 Å². The Hall–Kier alpha value is -2.03. The number of carbonyl (C=O) groups excluding carboxylic acids is 1. The topological polar surface area (TPSA) is 30.0 Å². The fourth-order valence-electron chi connectivity index (χ4n) is 2.66. The number of pyridine rings is 1. The monoisotopic (exact) mass is 285 g/mol. The molecule has 0 aliphatic rings. The van der Waals surface area contributed by atoms with Crippen molar-refractivity contribution in [3.8, 4) is 0 Å². The third-order valence-electron chi connectivity index (χ3n) is 4.19. The van der Waals surface area contributed by atoms with E-state index in [1.54, 1.807) is 18.3 Å². The van der Waals surface area contributed by atoms with Gasteiger partial charge in [-0.3, -0.25) is 9.78 Å². The number of aromatic nitrogens is 1. The summed E-state index contributed by atoms with van der Waals surface area (Å²) in [5.74, 6) is -0.256. The van der Waals surface area contributed by atoms with E-state index in [4.69, 9.17) is 0 Å². The van der Waals surface area contributed by atoms with Gasteiger partial charge in [0.1, 0.15) is 5.82 Å². The third-order valence-corrected chi connectivity index (χ3v) is 4.19. The first-order chi connectivity index (χ1) is 10.1. The van der Waals surface area contributed by atoms with Crippen LogP contribution in [-0.2, 0) is 6.42 Å². The lowest BCUT2D eigenvalue weighted by Crippen LogP contribution is -2.32. The van der Waals surface area contributed by atoms with Crippen molar-refractivity contribution in [3.63, 3.8) is 0 Å². The van der Waals surface area contributed by atoms with E-state index in [1.165, 1.54) is 12.1 Å². The predicted molar refractivity (Wildman–Crippen MR) is 81.7 cm³/mol. The van der Waals surface area contributed by atoms with E-state index in [9.17, 15) is 9.18 Å². The minimum Gasteiger partial charge on any atom is -0.294 e. The van der Waals surface area contributed by atoms with Crippen molar-refractivity contribution in [2.45, 2.75) is 33.1 Å². The SMILES string of the molecule is CCC(CC)(Cc1ccccn1)C(=O)c1ccc(F)cc1. The van der Waals surface area contributed by atoms with Gasteiger partial charge in [0.05, 0.1) is 0 Å². The Morgan fingerprint density at radius 2 is 1.76 bits per heavy atom. The zero-order valence-corrected chi connectivity index (χ0v) is 12.5. The summed E-state index contributed by atoms with van der Waals surface area (Å²) in [5, 5.41) is 0. The summed E-state index contributed by atoms with van der Waals surface area (Å²) in [6, 6.07) is 11.5. The predicted octanol–water partition coefficient (Wildman–Crippen LogP) is 4.45. The molecular weight excluding hydrogens is 265 g/mol. The van der Waals surface area contributed by atoms with E-state index in [2.05, 4.69) is 4.98 Å². The second-order valence-corrected chi connectivity index (χ2v) is 5.32. The van der Waals surface area contributed by atoms with Gasteiger partial charge in [0.15, 0.2) is 5.78 Å². The van der Waals surface area contributed by atoms with E-state index < -0.39 is 5.41 Å². The van der Waals surface area contributed by atoms with Crippen molar-refractivity contribution in [3.05, 3.63) is 65.7 Å². The zero-order chi connectivity index (χ0) is 15.3. The highest BCUT2D eigenvalue weighted by atomic mass is 19.1. The molecule has 1 aromatic carbocycles. The fourth-order valence-corrected chi connectivity index (χ4v) is 2.66. The van der Waals surface area contributed by atoms with Gasteiger partial charge in [0.2, 0.25) is 0 Å². The van der Waals surface area contributed by atoms with Crippen molar-refractivity contribution in [1.29, 1.82) is 0 Å². The number of carbonyl (C=O) groups is 1. The van der Waals surface area contributed by atoms with Gasteiger partial charge in [-0.1, -0.05) is 19.9 Å². The molecule has 0 atom stereocenters. The zero-order valence-electron chi connectivity index (χ0n) is 12.5. The van der Waals surface area contributed by atoms with Crippen LogP contribution in [0.2, 0.25) is 0 Å². The number of ketones is 1. The Bertz CT molecular complexity index is 588. The van der Waals surface area contributed by atoms with Crippen LogP contribution in [0.4, 0.5) is 4.39 Å². The highest BCUT2D eigenvalue weighted by Gasteiger charge is 2.35. The van der Waals surface area contributed by atoms with Gasteiger partial charge >= 0.3 is 0 Å². The number of hydrogen-bond acceptors (Lipinski definition) is 2. The molecule has 0 saturated heterocycles. The van der Waals surface area contributed by atoms with Gasteiger partial charge in [-0.25, -0.2) is 4.39 Å². The van der Waals surface area contributed by atoms with Crippen LogP contribution in [0.15, 0.2) is 48.7 Å². The quantitative estimate of drug-likeness (QED) is 0.734. The first-order valence-electron chi connectivity index (χ1n) is 7.31. The molecule has 1 aromatic heterocycles. The Kier molecular flexibility index (Phi) is 4.84. The molecule has 0 amide bonds. The molecule has 2 aromatic rings. The van der Waals surface area contributed by atoms with Crippen LogP contribution in [0, 0.1) is 11.2 Å². The fraction of sp³-hybridized carbons (Fsp3) is 0.333. The smallest absolute Gasteiger partial charge is 0.169 e. The Labute approximate surface area is 125 Å². The first kappa shape index (κ1) is 15.4. The van der Waals surface area contributed by atoms with Crippen LogP contribution in [-0.4, -0.2) is 10.8 Å². The maximum atomic E-state index is 13.0. The van der Waals surface area contributed by atoms with E-state index in [0.717, 1.165) is 18.5 Å². The summed E-state index contributed by atoms with van der Waals surface area (Å²) in [4.78, 5) is 17.2. The van der Waals surface area contributed by atoms with Gasteiger partial charge in [0.25, 0.3) is 0 Å². The summed E-state index contributed by atoms with van der Waals surface area (Å²) in [7, 11) is 0. The minimum atomic E-state index is -0.480. The lowest BCUT2D eigenvalue weighted by molar-refractivity contribution is 0.0771. The Balaban J connectivity index is 2.32. The molecule has 0 spiro atoms. The van der Waals surface area contributed by atoms with Gasteiger partial charge in [-0.15, -0.1) is 0 Å². The molecule has 0 N–H and O–H groups in total. The molecule has 2 nitrogen and oxygen atoms in total. The average molecular weight is 285 g/mol. The molecule has 0 aliphatic heterocycles. The maximum absolute atomic E-state index is 13.0. The standard InChI is InChI=1S/C18H20FNO/c1-3-18(4-2,13-16-7-5-6-12-20-16)17(21)14-8-10-15(19)11-9-14/h5-12H,3-4,13H2,1-2H3. The van der Waals surface area contributed by atoms with Gasteiger partial charge in [0, 0.05) is 29.3 Å².